The molecule has 0 spiro atoms. The third-order valence-electron chi connectivity index (χ3n) is 4.36. The highest BCUT2D eigenvalue weighted by molar-refractivity contribution is 5.97. The van der Waals surface area contributed by atoms with E-state index in [0.29, 0.717) is 11.3 Å². The van der Waals surface area contributed by atoms with Crippen LogP contribution in [0.3, 0.4) is 0 Å². The van der Waals surface area contributed by atoms with Gasteiger partial charge in [-0.15, -0.1) is 0 Å². The highest BCUT2D eigenvalue weighted by Crippen LogP contribution is 2.21. The maximum Gasteiger partial charge on any atom is 0.254 e. The Morgan fingerprint density at radius 2 is 1.89 bits per heavy atom. The zero-order chi connectivity index (χ0) is 19.6. The molecule has 3 rings (SSSR count). The Labute approximate surface area is 155 Å². The molecule has 0 aliphatic heterocycles. The van der Waals surface area contributed by atoms with Crippen LogP contribution < -0.4 is 5.56 Å². The van der Waals surface area contributed by atoms with Gasteiger partial charge >= 0.3 is 0 Å². The number of aromatic nitrogens is 3. The standard InChI is InChI=1S/C20H20FN3O3/c1-13-8-18(14(2)24(13)17-6-4-15(21)5-7-17)19(25)10-23-12-22-16(11-27-3)9-20(23)26/h4-9,12H,10-11H2,1-3H3. The zero-order valence-corrected chi connectivity index (χ0v) is 15.4. The summed E-state index contributed by atoms with van der Waals surface area (Å²) in [6.07, 6.45) is 1.35. The van der Waals surface area contributed by atoms with Gasteiger partial charge in [-0.05, 0) is 44.2 Å². The molecule has 0 bridgehead atoms. The second-order valence-electron chi connectivity index (χ2n) is 6.30. The summed E-state index contributed by atoms with van der Waals surface area (Å²) in [5, 5.41) is 0. The number of hydrogen-bond donors (Lipinski definition) is 0. The van der Waals surface area contributed by atoms with E-state index in [-0.39, 0.29) is 30.3 Å². The summed E-state index contributed by atoms with van der Waals surface area (Å²) in [6, 6.07) is 9.21. The van der Waals surface area contributed by atoms with Gasteiger partial charge in [-0.25, -0.2) is 9.37 Å². The number of rotatable bonds is 6. The number of ketones is 1. The summed E-state index contributed by atoms with van der Waals surface area (Å²) in [7, 11) is 1.52. The molecule has 2 heterocycles. The Bertz CT molecular complexity index is 1040. The predicted octanol–water partition coefficient (Wildman–Crippen LogP) is 2.82. The predicted molar refractivity (Wildman–Crippen MR) is 98.7 cm³/mol. The molecule has 0 N–H and O–H groups in total. The normalized spacial score (nSPS) is 11.0. The maximum atomic E-state index is 13.2. The van der Waals surface area contributed by atoms with Crippen LogP contribution in [0.15, 0.2) is 47.5 Å². The van der Waals surface area contributed by atoms with E-state index in [9.17, 15) is 14.0 Å². The molecule has 0 amide bonds. The van der Waals surface area contributed by atoms with Gasteiger partial charge in [0.2, 0.25) is 0 Å². The number of nitrogens with zero attached hydrogens (tertiary/aromatic N) is 3. The van der Waals surface area contributed by atoms with Crippen molar-refractivity contribution in [2.24, 2.45) is 0 Å². The van der Waals surface area contributed by atoms with Crippen LogP contribution in [0, 0.1) is 19.7 Å². The molecule has 6 nitrogen and oxygen atoms in total. The fourth-order valence-electron chi connectivity index (χ4n) is 3.08. The van der Waals surface area contributed by atoms with Crippen molar-refractivity contribution in [3.8, 4) is 5.69 Å². The number of methoxy groups -OCH3 is 1. The van der Waals surface area contributed by atoms with Crippen molar-refractivity contribution >= 4 is 5.78 Å². The lowest BCUT2D eigenvalue weighted by molar-refractivity contribution is 0.0969. The van der Waals surface area contributed by atoms with Gasteiger partial charge in [0.25, 0.3) is 5.56 Å². The largest absolute Gasteiger partial charge is 0.378 e. The van der Waals surface area contributed by atoms with Crippen molar-refractivity contribution in [1.82, 2.24) is 14.1 Å². The lowest BCUT2D eigenvalue weighted by Gasteiger charge is -2.10. The van der Waals surface area contributed by atoms with E-state index in [1.54, 1.807) is 18.2 Å². The maximum absolute atomic E-state index is 13.2. The van der Waals surface area contributed by atoms with Crippen LogP contribution in [0.5, 0.6) is 0 Å². The van der Waals surface area contributed by atoms with Gasteiger partial charge in [-0.1, -0.05) is 0 Å². The quantitative estimate of drug-likeness (QED) is 0.627. The minimum atomic E-state index is -0.318. The van der Waals surface area contributed by atoms with Crippen molar-refractivity contribution in [2.45, 2.75) is 27.0 Å². The minimum absolute atomic E-state index is 0.104. The van der Waals surface area contributed by atoms with Gasteiger partial charge in [0.1, 0.15) is 5.82 Å². The minimum Gasteiger partial charge on any atom is -0.378 e. The Kier molecular flexibility index (Phi) is 5.32. The summed E-state index contributed by atoms with van der Waals surface area (Å²) in [4.78, 5) is 29.1. The van der Waals surface area contributed by atoms with E-state index < -0.39 is 0 Å². The number of carbonyl (C=O) groups is 1. The van der Waals surface area contributed by atoms with Gasteiger partial charge in [-0.2, -0.15) is 0 Å². The third-order valence-corrected chi connectivity index (χ3v) is 4.36. The van der Waals surface area contributed by atoms with Crippen LogP contribution in [0.2, 0.25) is 0 Å². The van der Waals surface area contributed by atoms with Crippen molar-refractivity contribution in [3.05, 3.63) is 81.5 Å². The van der Waals surface area contributed by atoms with E-state index >= 15 is 0 Å². The summed E-state index contributed by atoms with van der Waals surface area (Å²) in [5.41, 5.74) is 3.08. The molecular formula is C20H20FN3O3. The first-order valence-electron chi connectivity index (χ1n) is 8.43. The molecule has 140 valence electrons. The summed E-state index contributed by atoms with van der Waals surface area (Å²) in [6.45, 7) is 3.84. The average Bonchev–Trinajstić information content (AvgIpc) is 2.93. The average molecular weight is 369 g/mol. The number of halogens is 1. The SMILES string of the molecule is COCc1cc(=O)n(CC(=O)c2cc(C)n(-c3ccc(F)cc3)c2C)cn1. The van der Waals surface area contributed by atoms with E-state index in [1.165, 1.54) is 36.2 Å². The lowest BCUT2D eigenvalue weighted by atomic mass is 10.1. The molecule has 0 aliphatic carbocycles. The van der Waals surface area contributed by atoms with E-state index in [4.69, 9.17) is 4.74 Å². The molecule has 27 heavy (non-hydrogen) atoms. The molecule has 3 aromatic rings. The second kappa shape index (κ2) is 7.67. The van der Waals surface area contributed by atoms with Gasteiger partial charge in [0.05, 0.1) is 25.2 Å². The molecule has 0 saturated heterocycles. The molecule has 7 heteroatoms. The third kappa shape index (κ3) is 3.88. The first kappa shape index (κ1) is 18.7. The number of hydrogen-bond acceptors (Lipinski definition) is 4. The van der Waals surface area contributed by atoms with Crippen LogP contribution in [0.1, 0.15) is 27.4 Å². The first-order chi connectivity index (χ1) is 12.9. The molecule has 0 atom stereocenters. The molecule has 0 aliphatic rings. The van der Waals surface area contributed by atoms with Crippen molar-refractivity contribution in [3.63, 3.8) is 0 Å². The van der Waals surface area contributed by atoms with Crippen molar-refractivity contribution in [2.75, 3.05) is 7.11 Å². The van der Waals surface area contributed by atoms with Crippen LogP contribution in [0.4, 0.5) is 4.39 Å². The monoisotopic (exact) mass is 369 g/mol. The number of Topliss-reactive ketones (excluding diaryl/α,β-unsaturated/α-hetero) is 1. The smallest absolute Gasteiger partial charge is 0.254 e. The summed E-state index contributed by atoms with van der Waals surface area (Å²) < 4.78 is 21.3. The Morgan fingerprint density at radius 1 is 1.19 bits per heavy atom. The Balaban J connectivity index is 1.89. The Morgan fingerprint density at radius 3 is 2.52 bits per heavy atom. The zero-order valence-electron chi connectivity index (χ0n) is 15.4. The summed E-state index contributed by atoms with van der Waals surface area (Å²) >= 11 is 0. The number of benzene rings is 1. The highest BCUT2D eigenvalue weighted by atomic mass is 19.1. The van der Waals surface area contributed by atoms with Crippen LogP contribution in [-0.2, 0) is 17.9 Å². The highest BCUT2D eigenvalue weighted by Gasteiger charge is 2.17. The fraction of sp³-hybridized carbons (Fsp3) is 0.250. The molecule has 0 radical (unpaired) electrons. The first-order valence-corrected chi connectivity index (χ1v) is 8.43. The molecule has 2 aromatic heterocycles. The van der Waals surface area contributed by atoms with Crippen LogP contribution >= 0.6 is 0 Å². The van der Waals surface area contributed by atoms with Gasteiger partial charge in [-0.3, -0.25) is 14.2 Å². The number of carbonyl (C=O) groups excluding carboxylic acids is 1. The van der Waals surface area contributed by atoms with Gasteiger partial charge < -0.3 is 9.30 Å². The Hall–Kier alpha value is -3.06. The van der Waals surface area contributed by atoms with E-state index in [0.717, 1.165) is 17.1 Å². The van der Waals surface area contributed by atoms with Crippen molar-refractivity contribution in [1.29, 1.82) is 0 Å². The molecular weight excluding hydrogens is 349 g/mol. The summed E-state index contributed by atoms with van der Waals surface area (Å²) in [5.74, 6) is -0.513. The van der Waals surface area contributed by atoms with E-state index in [2.05, 4.69) is 4.98 Å². The van der Waals surface area contributed by atoms with Gasteiger partial charge in [0, 0.05) is 35.8 Å². The molecule has 0 unspecified atom stereocenters. The van der Waals surface area contributed by atoms with Crippen LogP contribution in [0.25, 0.3) is 5.69 Å². The molecule has 1 aromatic carbocycles. The van der Waals surface area contributed by atoms with Gasteiger partial charge in [0.15, 0.2) is 5.78 Å². The topological polar surface area (TPSA) is 66.1 Å². The molecule has 0 saturated carbocycles. The number of aryl methyl sites for hydroxylation is 1. The van der Waals surface area contributed by atoms with E-state index in [1.807, 2.05) is 18.4 Å². The fourth-order valence-corrected chi connectivity index (χ4v) is 3.08. The molecule has 0 fully saturated rings. The lowest BCUT2D eigenvalue weighted by Crippen LogP contribution is -2.25. The second-order valence-corrected chi connectivity index (χ2v) is 6.30. The van der Waals surface area contributed by atoms with Crippen molar-refractivity contribution < 1.29 is 13.9 Å². The van der Waals surface area contributed by atoms with Crippen LogP contribution in [-0.4, -0.2) is 27.0 Å². The number of ether oxygens (including phenoxy) is 1.